The van der Waals surface area contributed by atoms with Gasteiger partial charge in [-0.05, 0) is 18.1 Å². The molecule has 1 saturated heterocycles. The lowest BCUT2D eigenvalue weighted by atomic mass is 10.1. The van der Waals surface area contributed by atoms with Crippen LogP contribution in [0.15, 0.2) is 36.8 Å². The highest BCUT2D eigenvalue weighted by molar-refractivity contribution is 5.90. The lowest BCUT2D eigenvalue weighted by Crippen LogP contribution is -2.33. The maximum Gasteiger partial charge on any atom is 0.227 e. The molecule has 0 radical (unpaired) electrons. The molecule has 0 bridgehead atoms. The highest BCUT2D eigenvalue weighted by Crippen LogP contribution is 2.32. The predicted octanol–water partition coefficient (Wildman–Crippen LogP) is 2.73. The van der Waals surface area contributed by atoms with E-state index in [9.17, 15) is 4.79 Å². The van der Waals surface area contributed by atoms with Gasteiger partial charge in [0.15, 0.2) is 0 Å². The van der Waals surface area contributed by atoms with Crippen molar-refractivity contribution in [2.45, 2.75) is 31.9 Å². The predicted molar refractivity (Wildman–Crippen MR) is 95.2 cm³/mol. The third-order valence-electron chi connectivity index (χ3n) is 5.10. The fourth-order valence-electron chi connectivity index (χ4n) is 3.74. The fraction of sp³-hybridized carbons (Fsp3) is 0.368. The third kappa shape index (κ3) is 2.82. The zero-order valence-electron chi connectivity index (χ0n) is 14.5. The number of nitrogens with zero attached hydrogens (tertiary/aromatic N) is 2. The first-order valence-electron chi connectivity index (χ1n) is 8.54. The van der Waals surface area contributed by atoms with Crippen molar-refractivity contribution < 1.29 is 9.53 Å². The monoisotopic (exact) mass is 338 g/mol. The van der Waals surface area contributed by atoms with Crippen LogP contribution in [-0.2, 0) is 16.0 Å². The number of rotatable bonds is 4. The second-order valence-corrected chi connectivity index (χ2v) is 6.62. The van der Waals surface area contributed by atoms with Crippen LogP contribution in [0.25, 0.3) is 10.9 Å². The summed E-state index contributed by atoms with van der Waals surface area (Å²) in [6, 6.07) is 6.11. The summed E-state index contributed by atoms with van der Waals surface area (Å²) < 4.78 is 5.50. The lowest BCUT2D eigenvalue weighted by molar-refractivity contribution is -0.131. The van der Waals surface area contributed by atoms with Crippen molar-refractivity contribution >= 4 is 16.8 Å². The number of ether oxygens (including phenoxy) is 1. The number of carbonyl (C=O) groups excluding carboxylic acids is 1. The number of benzene rings is 1. The van der Waals surface area contributed by atoms with E-state index in [1.807, 2.05) is 17.2 Å². The van der Waals surface area contributed by atoms with E-state index >= 15 is 0 Å². The minimum atomic E-state index is -0.0561. The molecule has 6 nitrogen and oxygen atoms in total. The van der Waals surface area contributed by atoms with E-state index < -0.39 is 0 Å². The van der Waals surface area contributed by atoms with Crippen molar-refractivity contribution in [3.63, 3.8) is 0 Å². The van der Waals surface area contributed by atoms with Crippen molar-refractivity contribution in [1.82, 2.24) is 19.9 Å². The number of imidazole rings is 1. The highest BCUT2D eigenvalue weighted by Gasteiger charge is 2.37. The Labute approximate surface area is 146 Å². The minimum Gasteiger partial charge on any atom is -0.380 e. The van der Waals surface area contributed by atoms with Gasteiger partial charge in [-0.1, -0.05) is 18.2 Å². The summed E-state index contributed by atoms with van der Waals surface area (Å²) in [6.07, 6.45) is 6.65. The van der Waals surface area contributed by atoms with Crippen LogP contribution in [0.1, 0.15) is 29.4 Å². The van der Waals surface area contributed by atoms with Gasteiger partial charge < -0.3 is 19.6 Å². The standard InChI is InChI=1S/C19H22N4O2/c1-12-4-3-5-15-13(10-22-18(12)15)8-17(24)23-11-14(25-2)9-16(23)19-20-6-7-21-19/h3-7,10,14,16,22H,8-9,11H2,1-2H3,(H,20,21)/t14-,16?/m1/s1. The van der Waals surface area contributed by atoms with Crippen LogP contribution in [0.5, 0.6) is 0 Å². The number of para-hydroxylation sites is 1. The molecular formula is C19H22N4O2. The van der Waals surface area contributed by atoms with Crippen LogP contribution in [0.4, 0.5) is 0 Å². The second-order valence-electron chi connectivity index (χ2n) is 6.62. The molecule has 0 saturated carbocycles. The molecule has 0 aliphatic carbocycles. The number of amides is 1. The summed E-state index contributed by atoms with van der Waals surface area (Å²) in [6.45, 7) is 2.67. The Morgan fingerprint density at radius 3 is 3.04 bits per heavy atom. The number of carbonyl (C=O) groups is 1. The summed E-state index contributed by atoms with van der Waals surface area (Å²) in [5.74, 6) is 0.922. The van der Waals surface area contributed by atoms with Gasteiger partial charge in [-0.15, -0.1) is 0 Å². The van der Waals surface area contributed by atoms with Crippen LogP contribution in [0.2, 0.25) is 0 Å². The van der Waals surface area contributed by atoms with E-state index in [2.05, 4.69) is 34.0 Å². The Balaban J connectivity index is 1.59. The van der Waals surface area contributed by atoms with Crippen LogP contribution in [0.3, 0.4) is 0 Å². The van der Waals surface area contributed by atoms with E-state index in [-0.39, 0.29) is 18.1 Å². The van der Waals surface area contributed by atoms with Gasteiger partial charge in [-0.3, -0.25) is 4.79 Å². The van der Waals surface area contributed by atoms with Gasteiger partial charge >= 0.3 is 0 Å². The first-order chi connectivity index (χ1) is 12.2. The molecule has 2 atom stereocenters. The Morgan fingerprint density at radius 2 is 2.28 bits per heavy atom. The molecule has 3 heterocycles. The maximum atomic E-state index is 13.0. The number of hydrogen-bond acceptors (Lipinski definition) is 3. The molecule has 4 rings (SSSR count). The number of aromatic nitrogens is 3. The average molecular weight is 338 g/mol. The smallest absolute Gasteiger partial charge is 0.227 e. The lowest BCUT2D eigenvalue weighted by Gasteiger charge is -2.23. The number of aryl methyl sites for hydroxylation is 1. The number of fused-ring (bicyclic) bond motifs is 1. The van der Waals surface area contributed by atoms with Crippen molar-refractivity contribution in [3.05, 3.63) is 53.7 Å². The van der Waals surface area contributed by atoms with Gasteiger partial charge in [-0.2, -0.15) is 0 Å². The Hall–Kier alpha value is -2.60. The summed E-state index contributed by atoms with van der Waals surface area (Å²) in [5, 5.41) is 1.12. The summed E-state index contributed by atoms with van der Waals surface area (Å²) in [7, 11) is 1.69. The number of likely N-dealkylation sites (tertiary alicyclic amines) is 1. The van der Waals surface area contributed by atoms with Crippen LogP contribution in [0, 0.1) is 6.92 Å². The van der Waals surface area contributed by atoms with Crippen molar-refractivity contribution in [2.24, 2.45) is 0 Å². The van der Waals surface area contributed by atoms with E-state index in [1.54, 1.807) is 19.5 Å². The average Bonchev–Trinajstić information content (AvgIpc) is 3.34. The quantitative estimate of drug-likeness (QED) is 0.768. The summed E-state index contributed by atoms with van der Waals surface area (Å²) in [5.41, 5.74) is 3.32. The molecule has 0 spiro atoms. The number of methoxy groups -OCH3 is 1. The van der Waals surface area contributed by atoms with Gasteiger partial charge in [-0.25, -0.2) is 4.98 Å². The molecule has 1 aliphatic heterocycles. The van der Waals surface area contributed by atoms with Gasteiger partial charge in [0.05, 0.1) is 18.6 Å². The third-order valence-corrected chi connectivity index (χ3v) is 5.10. The molecule has 1 amide bonds. The number of nitrogens with one attached hydrogen (secondary N) is 2. The molecule has 25 heavy (non-hydrogen) atoms. The molecule has 2 aromatic heterocycles. The highest BCUT2D eigenvalue weighted by atomic mass is 16.5. The largest absolute Gasteiger partial charge is 0.380 e. The Bertz CT molecular complexity index is 884. The number of H-pyrrole nitrogens is 2. The number of hydrogen-bond donors (Lipinski definition) is 2. The summed E-state index contributed by atoms with van der Waals surface area (Å²) >= 11 is 0. The molecular weight excluding hydrogens is 316 g/mol. The summed E-state index contributed by atoms with van der Waals surface area (Å²) in [4.78, 5) is 25.7. The van der Waals surface area contributed by atoms with Crippen molar-refractivity contribution in [1.29, 1.82) is 0 Å². The second kappa shape index (κ2) is 6.37. The normalized spacial score (nSPS) is 20.5. The van der Waals surface area contributed by atoms with E-state index in [4.69, 9.17) is 4.74 Å². The molecule has 1 unspecified atom stereocenters. The topological polar surface area (TPSA) is 74.0 Å². The Morgan fingerprint density at radius 1 is 1.40 bits per heavy atom. The molecule has 6 heteroatoms. The fourth-order valence-corrected chi connectivity index (χ4v) is 3.74. The first-order valence-corrected chi connectivity index (χ1v) is 8.54. The Kier molecular flexibility index (Phi) is 4.05. The van der Waals surface area contributed by atoms with Crippen LogP contribution < -0.4 is 0 Å². The van der Waals surface area contributed by atoms with Gasteiger partial charge in [0.25, 0.3) is 0 Å². The van der Waals surface area contributed by atoms with E-state index in [1.165, 1.54) is 5.56 Å². The zero-order valence-corrected chi connectivity index (χ0v) is 14.5. The first kappa shape index (κ1) is 15.9. The van der Waals surface area contributed by atoms with Crippen molar-refractivity contribution in [3.8, 4) is 0 Å². The molecule has 3 aromatic rings. The van der Waals surface area contributed by atoms with Crippen molar-refractivity contribution in [2.75, 3.05) is 13.7 Å². The van der Waals surface area contributed by atoms with Gasteiger partial charge in [0.1, 0.15) is 5.82 Å². The molecule has 1 aromatic carbocycles. The molecule has 130 valence electrons. The molecule has 1 fully saturated rings. The van der Waals surface area contributed by atoms with E-state index in [0.29, 0.717) is 13.0 Å². The van der Waals surface area contributed by atoms with Crippen LogP contribution >= 0.6 is 0 Å². The SMILES string of the molecule is CO[C@@H]1CC(c2ncc[nH]2)N(C(=O)Cc2c[nH]c3c(C)cccc23)C1. The maximum absolute atomic E-state index is 13.0. The number of aromatic amines is 2. The molecule has 2 N–H and O–H groups in total. The van der Waals surface area contributed by atoms with Gasteiger partial charge in [0.2, 0.25) is 5.91 Å². The van der Waals surface area contributed by atoms with Gasteiger partial charge in [0, 0.05) is 49.6 Å². The molecule has 1 aliphatic rings. The van der Waals surface area contributed by atoms with Crippen LogP contribution in [-0.4, -0.2) is 45.5 Å². The zero-order chi connectivity index (χ0) is 17.4. The minimum absolute atomic E-state index is 0.0456. The van der Waals surface area contributed by atoms with E-state index in [0.717, 1.165) is 28.7 Å².